The molecule has 5 heteroatoms. The highest BCUT2D eigenvalue weighted by Gasteiger charge is 2.16. The first-order valence-electron chi connectivity index (χ1n) is 6.61. The second-order valence-electron chi connectivity index (χ2n) is 4.78. The zero-order valence-electron chi connectivity index (χ0n) is 11.4. The number of hydrogen-bond donors (Lipinski definition) is 3. The molecule has 0 unspecified atom stereocenters. The lowest BCUT2D eigenvalue weighted by atomic mass is 10.1. The molecule has 0 spiro atoms. The lowest BCUT2D eigenvalue weighted by molar-refractivity contribution is 0.0916. The van der Waals surface area contributed by atoms with Gasteiger partial charge in [0.2, 0.25) is 0 Å². The van der Waals surface area contributed by atoms with Gasteiger partial charge in [0, 0.05) is 5.69 Å². The number of nitrogen functional groups attached to an aromatic ring is 1. The number of carbonyl (C=O) groups excluding carboxylic acids is 1. The molecular weight excluding hydrogens is 288 g/mol. The zero-order valence-corrected chi connectivity index (χ0v) is 12.2. The second-order valence-corrected chi connectivity index (χ2v) is 5.19. The number of halogens is 1. The molecule has 21 heavy (non-hydrogen) atoms. The number of aliphatic hydroxyl groups is 1. The number of rotatable bonds is 5. The second kappa shape index (κ2) is 7.11. The molecule has 0 radical (unpaired) electrons. The summed E-state index contributed by atoms with van der Waals surface area (Å²) in [5.74, 6) is -0.345. The van der Waals surface area contributed by atoms with Gasteiger partial charge in [-0.3, -0.25) is 4.79 Å². The fourth-order valence-corrected chi connectivity index (χ4v) is 2.24. The summed E-state index contributed by atoms with van der Waals surface area (Å²) >= 11 is 6.00. The van der Waals surface area contributed by atoms with Crippen LogP contribution < -0.4 is 11.1 Å². The molecule has 110 valence electrons. The number of amides is 1. The van der Waals surface area contributed by atoms with E-state index in [0.717, 1.165) is 5.56 Å². The third-order valence-corrected chi connectivity index (χ3v) is 3.45. The number of hydrogen-bond acceptors (Lipinski definition) is 3. The van der Waals surface area contributed by atoms with Crippen LogP contribution in [0.15, 0.2) is 48.5 Å². The maximum atomic E-state index is 12.2. The summed E-state index contributed by atoms with van der Waals surface area (Å²) in [6, 6.07) is 14.0. The van der Waals surface area contributed by atoms with Crippen LogP contribution in [0.5, 0.6) is 0 Å². The Bertz CT molecular complexity index is 617. The normalized spacial score (nSPS) is 11.9. The molecule has 0 aliphatic carbocycles. The van der Waals surface area contributed by atoms with Crippen molar-refractivity contribution in [1.82, 2.24) is 5.32 Å². The first kappa shape index (κ1) is 15.4. The highest BCUT2D eigenvalue weighted by atomic mass is 35.5. The van der Waals surface area contributed by atoms with Crippen molar-refractivity contribution in [1.29, 1.82) is 0 Å². The molecule has 0 saturated heterocycles. The smallest absolute Gasteiger partial charge is 0.253 e. The van der Waals surface area contributed by atoms with Crippen LogP contribution in [-0.2, 0) is 6.42 Å². The summed E-state index contributed by atoms with van der Waals surface area (Å²) in [5.41, 5.74) is 7.48. The third kappa shape index (κ3) is 4.21. The average molecular weight is 305 g/mol. The van der Waals surface area contributed by atoms with Crippen LogP contribution in [-0.4, -0.2) is 23.7 Å². The van der Waals surface area contributed by atoms with Crippen molar-refractivity contribution in [2.45, 2.75) is 12.5 Å². The Labute approximate surface area is 128 Å². The van der Waals surface area contributed by atoms with Crippen LogP contribution >= 0.6 is 11.6 Å². The fourth-order valence-electron chi connectivity index (χ4n) is 2.04. The van der Waals surface area contributed by atoms with E-state index in [4.69, 9.17) is 17.3 Å². The van der Waals surface area contributed by atoms with Gasteiger partial charge in [-0.1, -0.05) is 41.9 Å². The van der Waals surface area contributed by atoms with Crippen molar-refractivity contribution in [3.05, 3.63) is 64.7 Å². The summed E-state index contributed by atoms with van der Waals surface area (Å²) in [6.45, 7) is -0.152. The summed E-state index contributed by atoms with van der Waals surface area (Å²) < 4.78 is 0. The van der Waals surface area contributed by atoms with Crippen LogP contribution in [0.2, 0.25) is 5.02 Å². The summed E-state index contributed by atoms with van der Waals surface area (Å²) in [6.07, 6.45) is 0.545. The van der Waals surface area contributed by atoms with Gasteiger partial charge >= 0.3 is 0 Å². The van der Waals surface area contributed by atoms with Gasteiger partial charge in [0.15, 0.2) is 0 Å². The Balaban J connectivity index is 2.07. The van der Waals surface area contributed by atoms with Gasteiger partial charge in [-0.05, 0) is 30.2 Å². The van der Waals surface area contributed by atoms with Crippen molar-refractivity contribution < 1.29 is 9.90 Å². The molecule has 2 aromatic carbocycles. The van der Waals surface area contributed by atoms with E-state index in [1.54, 1.807) is 12.1 Å². The predicted octanol–water partition coefficient (Wildman–Crippen LogP) is 2.26. The Hall–Kier alpha value is -2.04. The number of benzene rings is 2. The van der Waals surface area contributed by atoms with Crippen LogP contribution in [0.25, 0.3) is 0 Å². The number of nitrogens with one attached hydrogen (secondary N) is 1. The van der Waals surface area contributed by atoms with E-state index < -0.39 is 0 Å². The summed E-state index contributed by atoms with van der Waals surface area (Å²) in [5, 5.41) is 12.5. The maximum Gasteiger partial charge on any atom is 0.253 e. The molecular formula is C16H17ClN2O2. The van der Waals surface area contributed by atoms with Crippen molar-refractivity contribution >= 4 is 23.2 Å². The number of anilines is 1. The van der Waals surface area contributed by atoms with E-state index in [0.29, 0.717) is 22.7 Å². The van der Waals surface area contributed by atoms with Gasteiger partial charge in [0.05, 0.1) is 23.2 Å². The third-order valence-electron chi connectivity index (χ3n) is 3.12. The van der Waals surface area contributed by atoms with Crippen LogP contribution in [0.1, 0.15) is 15.9 Å². The average Bonchev–Trinajstić information content (AvgIpc) is 2.50. The quantitative estimate of drug-likeness (QED) is 0.742. The standard InChI is InChI=1S/C16H17ClN2O2/c17-15-7-6-12(18)9-14(15)16(21)19-13(10-20)8-11-4-2-1-3-5-11/h1-7,9,13,20H,8,10,18H2,(H,19,21)/t13-/m0/s1. The predicted molar refractivity (Wildman–Crippen MR) is 84.4 cm³/mol. The molecule has 0 saturated carbocycles. The highest BCUT2D eigenvalue weighted by Crippen LogP contribution is 2.19. The van der Waals surface area contributed by atoms with Crippen molar-refractivity contribution in [2.75, 3.05) is 12.3 Å². The van der Waals surface area contributed by atoms with Gasteiger partial charge in [-0.2, -0.15) is 0 Å². The molecule has 4 N–H and O–H groups in total. The van der Waals surface area contributed by atoms with E-state index in [-0.39, 0.29) is 18.6 Å². The lowest BCUT2D eigenvalue weighted by Gasteiger charge is -2.17. The van der Waals surface area contributed by atoms with Crippen molar-refractivity contribution in [2.24, 2.45) is 0 Å². The molecule has 0 heterocycles. The van der Waals surface area contributed by atoms with E-state index in [9.17, 15) is 9.90 Å². The summed E-state index contributed by atoms with van der Waals surface area (Å²) in [7, 11) is 0. The van der Waals surface area contributed by atoms with E-state index in [2.05, 4.69) is 5.32 Å². The van der Waals surface area contributed by atoms with Gasteiger partial charge in [0.25, 0.3) is 5.91 Å². The highest BCUT2D eigenvalue weighted by molar-refractivity contribution is 6.34. The van der Waals surface area contributed by atoms with Crippen LogP contribution in [0, 0.1) is 0 Å². The van der Waals surface area contributed by atoms with Crippen LogP contribution in [0.4, 0.5) is 5.69 Å². The van der Waals surface area contributed by atoms with Gasteiger partial charge < -0.3 is 16.2 Å². The minimum atomic E-state index is -0.377. The van der Waals surface area contributed by atoms with Crippen LogP contribution in [0.3, 0.4) is 0 Å². The zero-order chi connectivity index (χ0) is 15.2. The first-order valence-corrected chi connectivity index (χ1v) is 6.98. The van der Waals surface area contributed by atoms with Gasteiger partial charge in [0.1, 0.15) is 0 Å². The van der Waals surface area contributed by atoms with E-state index in [1.807, 2.05) is 30.3 Å². The lowest BCUT2D eigenvalue weighted by Crippen LogP contribution is -2.39. The largest absolute Gasteiger partial charge is 0.399 e. The minimum Gasteiger partial charge on any atom is -0.399 e. The number of carbonyl (C=O) groups is 1. The molecule has 0 aromatic heterocycles. The molecule has 0 aliphatic rings. The van der Waals surface area contributed by atoms with Crippen molar-refractivity contribution in [3.63, 3.8) is 0 Å². The Kier molecular flexibility index (Phi) is 5.20. The molecule has 0 aliphatic heterocycles. The number of nitrogens with two attached hydrogens (primary N) is 1. The first-order chi connectivity index (χ1) is 10.1. The Morgan fingerprint density at radius 3 is 2.62 bits per heavy atom. The molecule has 1 amide bonds. The number of aliphatic hydroxyl groups excluding tert-OH is 1. The van der Waals surface area contributed by atoms with E-state index in [1.165, 1.54) is 6.07 Å². The summed E-state index contributed by atoms with van der Waals surface area (Å²) in [4.78, 5) is 12.2. The molecule has 4 nitrogen and oxygen atoms in total. The minimum absolute atomic E-state index is 0.152. The van der Waals surface area contributed by atoms with Gasteiger partial charge in [-0.25, -0.2) is 0 Å². The molecule has 0 bridgehead atoms. The van der Waals surface area contributed by atoms with E-state index >= 15 is 0 Å². The topological polar surface area (TPSA) is 75.4 Å². The van der Waals surface area contributed by atoms with Crippen molar-refractivity contribution in [3.8, 4) is 0 Å². The Morgan fingerprint density at radius 1 is 1.24 bits per heavy atom. The molecule has 0 fully saturated rings. The Morgan fingerprint density at radius 2 is 1.95 bits per heavy atom. The molecule has 2 aromatic rings. The fraction of sp³-hybridized carbons (Fsp3) is 0.188. The monoisotopic (exact) mass is 304 g/mol. The maximum absolute atomic E-state index is 12.2. The molecule has 1 atom stereocenters. The molecule has 2 rings (SSSR count). The van der Waals surface area contributed by atoms with Gasteiger partial charge in [-0.15, -0.1) is 0 Å². The SMILES string of the molecule is Nc1ccc(Cl)c(C(=O)N[C@H](CO)Cc2ccccc2)c1.